The molecule has 0 atom stereocenters. The predicted octanol–water partition coefficient (Wildman–Crippen LogP) is 5.64. The summed E-state index contributed by atoms with van der Waals surface area (Å²) in [6.45, 7) is 2.43. The SMILES string of the molecule is Cc1cn(-c2nccc3[nH]c(-c4n[nH]c5cnc(-c6cncc(OCc7ccccc7)c6)cc45)cc23)cn1. The Hall–Kier alpha value is -5.31. The van der Waals surface area contributed by atoms with Crippen LogP contribution in [0, 0.1) is 6.92 Å². The van der Waals surface area contributed by atoms with Crippen LogP contribution < -0.4 is 4.74 Å². The number of nitrogens with one attached hydrogen (secondary N) is 2. The minimum Gasteiger partial charge on any atom is -0.487 e. The molecule has 1 aromatic carbocycles. The first kappa shape index (κ1) is 21.9. The van der Waals surface area contributed by atoms with E-state index in [2.05, 4.69) is 41.2 Å². The van der Waals surface area contributed by atoms with Gasteiger partial charge in [-0.25, -0.2) is 9.97 Å². The molecule has 6 heterocycles. The van der Waals surface area contributed by atoms with Crippen LogP contribution in [0.25, 0.3) is 50.3 Å². The van der Waals surface area contributed by atoms with Crippen LogP contribution in [-0.2, 0) is 6.61 Å². The van der Waals surface area contributed by atoms with Gasteiger partial charge in [-0.2, -0.15) is 5.10 Å². The van der Waals surface area contributed by atoms with Gasteiger partial charge < -0.3 is 9.72 Å². The van der Waals surface area contributed by atoms with Gasteiger partial charge in [-0.05, 0) is 36.8 Å². The quantitative estimate of drug-likeness (QED) is 0.307. The molecule has 0 saturated heterocycles. The molecule has 7 rings (SSSR count). The van der Waals surface area contributed by atoms with Crippen LogP contribution in [0.5, 0.6) is 5.75 Å². The van der Waals surface area contributed by atoms with Gasteiger partial charge in [0.25, 0.3) is 0 Å². The third kappa shape index (κ3) is 3.96. The summed E-state index contributed by atoms with van der Waals surface area (Å²) in [7, 11) is 0. The number of hydrogen-bond acceptors (Lipinski definition) is 6. The lowest BCUT2D eigenvalue weighted by Crippen LogP contribution is -1.96. The Balaban J connectivity index is 1.24. The van der Waals surface area contributed by atoms with Crippen molar-refractivity contribution in [2.45, 2.75) is 13.5 Å². The summed E-state index contributed by atoms with van der Waals surface area (Å²) in [5.74, 6) is 1.50. The molecule has 0 spiro atoms. The van der Waals surface area contributed by atoms with E-state index < -0.39 is 0 Å². The van der Waals surface area contributed by atoms with Gasteiger partial charge in [-0.1, -0.05) is 30.3 Å². The van der Waals surface area contributed by atoms with Crippen LogP contribution in [0.2, 0.25) is 0 Å². The number of ether oxygens (including phenoxy) is 1. The second kappa shape index (κ2) is 8.97. The van der Waals surface area contributed by atoms with E-state index in [0.717, 1.165) is 61.5 Å². The standard InChI is InChI=1S/C29H22N8O/c1-18-15-37(17-33-18)29-23-11-26(34-24(23)7-8-31-29)28-22-10-25(32-14-27(22)35-36-28)20-9-21(13-30-12-20)38-16-19-5-3-2-4-6-19/h2-15,17,34H,16H2,1H3,(H,35,36). The first-order valence-electron chi connectivity index (χ1n) is 12.2. The molecule has 0 unspecified atom stereocenters. The zero-order valence-corrected chi connectivity index (χ0v) is 20.5. The maximum atomic E-state index is 5.98. The summed E-state index contributed by atoms with van der Waals surface area (Å²) in [5, 5.41) is 9.65. The van der Waals surface area contributed by atoms with Crippen molar-refractivity contribution in [3.63, 3.8) is 0 Å². The van der Waals surface area contributed by atoms with Gasteiger partial charge in [-0.15, -0.1) is 0 Å². The molecule has 0 aliphatic carbocycles. The number of rotatable bonds is 6. The number of H-pyrrole nitrogens is 2. The van der Waals surface area contributed by atoms with Gasteiger partial charge in [-0.3, -0.25) is 19.6 Å². The zero-order valence-electron chi connectivity index (χ0n) is 20.5. The number of fused-ring (bicyclic) bond motifs is 2. The van der Waals surface area contributed by atoms with Crippen LogP contribution in [-0.4, -0.2) is 39.7 Å². The third-order valence-electron chi connectivity index (χ3n) is 6.44. The number of aromatic nitrogens is 8. The molecule has 9 nitrogen and oxygen atoms in total. The van der Waals surface area contributed by atoms with Gasteiger partial charge in [0.15, 0.2) is 0 Å². The highest BCUT2D eigenvalue weighted by atomic mass is 16.5. The van der Waals surface area contributed by atoms with Gasteiger partial charge in [0.1, 0.15) is 30.2 Å². The Labute approximate surface area is 217 Å². The Morgan fingerprint density at radius 3 is 2.68 bits per heavy atom. The average molecular weight is 499 g/mol. The molecule has 9 heteroatoms. The van der Waals surface area contributed by atoms with Gasteiger partial charge in [0.05, 0.1) is 40.5 Å². The van der Waals surface area contributed by atoms with Crippen molar-refractivity contribution in [2.24, 2.45) is 0 Å². The monoisotopic (exact) mass is 498 g/mol. The lowest BCUT2D eigenvalue weighted by atomic mass is 10.1. The number of aryl methyl sites for hydroxylation is 1. The van der Waals surface area contributed by atoms with E-state index in [1.54, 1.807) is 31.1 Å². The second-order valence-electron chi connectivity index (χ2n) is 9.07. The molecule has 0 radical (unpaired) electrons. The summed E-state index contributed by atoms with van der Waals surface area (Å²) >= 11 is 0. The first-order chi connectivity index (χ1) is 18.7. The van der Waals surface area contributed by atoms with E-state index in [9.17, 15) is 0 Å². The highest BCUT2D eigenvalue weighted by Gasteiger charge is 2.16. The molecule has 0 saturated carbocycles. The lowest BCUT2D eigenvalue weighted by Gasteiger charge is -2.08. The van der Waals surface area contributed by atoms with Crippen molar-refractivity contribution in [1.29, 1.82) is 0 Å². The summed E-state index contributed by atoms with van der Waals surface area (Å²) in [4.78, 5) is 21.5. The van der Waals surface area contributed by atoms with Crippen LogP contribution in [0.3, 0.4) is 0 Å². The Morgan fingerprint density at radius 1 is 0.895 bits per heavy atom. The lowest BCUT2D eigenvalue weighted by molar-refractivity contribution is 0.305. The minimum atomic E-state index is 0.472. The molecule has 0 amide bonds. The van der Waals surface area contributed by atoms with Crippen molar-refractivity contribution in [3.05, 3.63) is 103 Å². The molecular formula is C29H22N8O. The van der Waals surface area contributed by atoms with Crippen LogP contribution in [0.4, 0.5) is 0 Å². The van der Waals surface area contributed by atoms with E-state index >= 15 is 0 Å². The minimum absolute atomic E-state index is 0.472. The highest BCUT2D eigenvalue weighted by molar-refractivity contribution is 5.98. The fourth-order valence-electron chi connectivity index (χ4n) is 4.57. The number of imidazole rings is 1. The molecule has 184 valence electrons. The topological polar surface area (TPSA) is 110 Å². The summed E-state index contributed by atoms with van der Waals surface area (Å²) in [5.41, 5.74) is 7.17. The Morgan fingerprint density at radius 2 is 1.82 bits per heavy atom. The number of benzene rings is 1. The summed E-state index contributed by atoms with van der Waals surface area (Å²) in [6, 6.07) is 18.1. The smallest absolute Gasteiger partial charge is 0.147 e. The Kier molecular flexibility index (Phi) is 5.18. The fourth-order valence-corrected chi connectivity index (χ4v) is 4.57. The highest BCUT2D eigenvalue weighted by Crippen LogP contribution is 2.32. The molecule has 7 aromatic rings. The van der Waals surface area contributed by atoms with Gasteiger partial charge >= 0.3 is 0 Å². The molecule has 2 N–H and O–H groups in total. The van der Waals surface area contributed by atoms with E-state index in [1.807, 2.05) is 66.2 Å². The molecular weight excluding hydrogens is 476 g/mol. The maximum absolute atomic E-state index is 5.98. The van der Waals surface area contributed by atoms with Crippen LogP contribution in [0.15, 0.2) is 91.9 Å². The summed E-state index contributed by atoms with van der Waals surface area (Å²) in [6.07, 6.45) is 10.8. The molecule has 6 aromatic heterocycles. The Bertz CT molecular complexity index is 1900. The molecule has 0 fully saturated rings. The number of aromatic amines is 2. The van der Waals surface area contributed by atoms with Gasteiger partial charge in [0.2, 0.25) is 0 Å². The molecule has 0 bridgehead atoms. The van der Waals surface area contributed by atoms with Gasteiger partial charge in [0, 0.05) is 34.9 Å². The third-order valence-corrected chi connectivity index (χ3v) is 6.44. The fraction of sp³-hybridized carbons (Fsp3) is 0.0690. The maximum Gasteiger partial charge on any atom is 0.147 e. The van der Waals surface area contributed by atoms with Crippen molar-refractivity contribution in [2.75, 3.05) is 0 Å². The molecule has 38 heavy (non-hydrogen) atoms. The zero-order chi connectivity index (χ0) is 25.5. The normalized spacial score (nSPS) is 11.4. The van der Waals surface area contributed by atoms with Crippen molar-refractivity contribution < 1.29 is 4.74 Å². The summed E-state index contributed by atoms with van der Waals surface area (Å²) < 4.78 is 7.91. The predicted molar refractivity (Wildman–Crippen MR) is 145 cm³/mol. The largest absolute Gasteiger partial charge is 0.487 e. The van der Waals surface area contributed by atoms with Crippen LogP contribution >= 0.6 is 0 Å². The van der Waals surface area contributed by atoms with Crippen molar-refractivity contribution in [3.8, 4) is 34.2 Å². The van der Waals surface area contributed by atoms with Crippen molar-refractivity contribution in [1.82, 2.24) is 39.7 Å². The van der Waals surface area contributed by atoms with Crippen molar-refractivity contribution >= 4 is 21.8 Å². The second-order valence-corrected chi connectivity index (χ2v) is 9.07. The van der Waals surface area contributed by atoms with Crippen LogP contribution in [0.1, 0.15) is 11.3 Å². The average Bonchev–Trinajstić information content (AvgIpc) is 3.70. The molecule has 0 aliphatic heterocycles. The first-order valence-corrected chi connectivity index (χ1v) is 12.2. The van der Waals surface area contributed by atoms with E-state index in [1.165, 1.54) is 0 Å². The van der Waals surface area contributed by atoms with E-state index in [0.29, 0.717) is 12.4 Å². The molecule has 0 aliphatic rings. The number of nitrogens with zero attached hydrogens (tertiary/aromatic N) is 6. The van der Waals surface area contributed by atoms with E-state index in [4.69, 9.17) is 4.74 Å². The van der Waals surface area contributed by atoms with E-state index in [-0.39, 0.29) is 0 Å². The number of hydrogen-bond donors (Lipinski definition) is 2. The number of pyridine rings is 3.